The summed E-state index contributed by atoms with van der Waals surface area (Å²) in [5.41, 5.74) is -0.940. The number of halogens is 4. The Bertz CT molecular complexity index is 668. The van der Waals surface area contributed by atoms with Crippen LogP contribution in [0, 0.1) is 12.7 Å². The highest BCUT2D eigenvalue weighted by atomic mass is 32.2. The molecule has 0 bridgehead atoms. The molecule has 0 aliphatic carbocycles. The van der Waals surface area contributed by atoms with E-state index >= 15 is 0 Å². The minimum absolute atomic E-state index is 0.00411. The molecular weight excluding hydrogens is 306 g/mol. The maximum atomic E-state index is 12.8. The van der Waals surface area contributed by atoms with Gasteiger partial charge in [-0.3, -0.25) is 4.79 Å². The molecule has 0 N–H and O–H groups in total. The highest BCUT2D eigenvalue weighted by Gasteiger charge is 2.33. The van der Waals surface area contributed by atoms with Crippen molar-refractivity contribution in [2.24, 2.45) is 0 Å². The lowest BCUT2D eigenvalue weighted by atomic mass is 10.2. The lowest BCUT2D eigenvalue weighted by Crippen LogP contribution is -2.10. The van der Waals surface area contributed by atoms with Crippen molar-refractivity contribution in [1.82, 2.24) is 4.98 Å². The maximum absolute atomic E-state index is 12.8. The third-order valence-electron chi connectivity index (χ3n) is 2.62. The molecule has 0 saturated heterocycles. The fraction of sp³-hybridized carbons (Fsp3) is 0.143. The van der Waals surface area contributed by atoms with Gasteiger partial charge in [0.2, 0.25) is 5.12 Å². The normalized spacial score (nSPS) is 11.5. The number of nitrogens with zero attached hydrogens (tertiary/aromatic N) is 1. The average molecular weight is 315 g/mol. The summed E-state index contributed by atoms with van der Waals surface area (Å²) in [6.07, 6.45) is -4.55. The van der Waals surface area contributed by atoms with E-state index in [0.717, 1.165) is 23.9 Å². The van der Waals surface area contributed by atoms with Gasteiger partial charge < -0.3 is 0 Å². The topological polar surface area (TPSA) is 30.0 Å². The molecule has 2 aromatic rings. The number of pyridine rings is 1. The molecule has 0 spiro atoms. The van der Waals surface area contributed by atoms with Crippen LogP contribution < -0.4 is 0 Å². The highest BCUT2D eigenvalue weighted by Crippen LogP contribution is 2.30. The summed E-state index contributed by atoms with van der Waals surface area (Å²) in [5.74, 6) is -0.431. The van der Waals surface area contributed by atoms with Crippen molar-refractivity contribution in [3.05, 3.63) is 59.2 Å². The van der Waals surface area contributed by atoms with Crippen molar-refractivity contribution in [3.8, 4) is 0 Å². The number of benzene rings is 1. The fourth-order valence-electron chi connectivity index (χ4n) is 1.60. The molecule has 0 fully saturated rings. The average Bonchev–Trinajstić information content (AvgIpc) is 2.40. The Labute approximate surface area is 122 Å². The number of aryl methyl sites for hydroxylation is 1. The molecule has 110 valence electrons. The smallest absolute Gasteiger partial charge is 0.281 e. The first-order chi connectivity index (χ1) is 9.77. The van der Waals surface area contributed by atoms with Gasteiger partial charge in [-0.25, -0.2) is 9.37 Å². The molecule has 7 heteroatoms. The lowest BCUT2D eigenvalue weighted by Gasteiger charge is -2.09. The predicted molar refractivity (Wildman–Crippen MR) is 70.6 cm³/mol. The van der Waals surface area contributed by atoms with Gasteiger partial charge in [0, 0.05) is 10.6 Å². The summed E-state index contributed by atoms with van der Waals surface area (Å²) < 4.78 is 50.2. The van der Waals surface area contributed by atoms with Crippen LogP contribution in [0.4, 0.5) is 17.6 Å². The number of rotatable bonds is 2. The van der Waals surface area contributed by atoms with E-state index in [4.69, 9.17) is 0 Å². The first kappa shape index (κ1) is 15.5. The molecule has 1 heterocycles. The molecule has 2 nitrogen and oxygen atoms in total. The van der Waals surface area contributed by atoms with Crippen molar-refractivity contribution in [2.45, 2.75) is 18.0 Å². The van der Waals surface area contributed by atoms with Gasteiger partial charge >= 0.3 is 6.18 Å². The second kappa shape index (κ2) is 5.85. The maximum Gasteiger partial charge on any atom is 0.433 e. The minimum Gasteiger partial charge on any atom is -0.281 e. The number of aromatic nitrogens is 1. The fourth-order valence-corrected chi connectivity index (χ4v) is 2.41. The van der Waals surface area contributed by atoms with Crippen LogP contribution in [0.15, 0.2) is 41.3 Å². The van der Waals surface area contributed by atoms with E-state index in [9.17, 15) is 22.4 Å². The Kier molecular flexibility index (Phi) is 4.32. The van der Waals surface area contributed by atoms with Crippen molar-refractivity contribution in [2.75, 3.05) is 0 Å². The number of hydrogen-bond acceptors (Lipinski definition) is 3. The van der Waals surface area contributed by atoms with Gasteiger partial charge in [-0.15, -0.1) is 0 Å². The molecule has 0 saturated carbocycles. The first-order valence-electron chi connectivity index (χ1n) is 5.80. The Morgan fingerprint density at radius 1 is 1.10 bits per heavy atom. The summed E-state index contributed by atoms with van der Waals surface area (Å²) in [7, 11) is 0. The molecule has 1 aromatic carbocycles. The van der Waals surface area contributed by atoms with Crippen molar-refractivity contribution in [3.63, 3.8) is 0 Å². The lowest BCUT2D eigenvalue weighted by molar-refractivity contribution is -0.141. The van der Waals surface area contributed by atoms with Crippen LogP contribution in [0.5, 0.6) is 0 Å². The third-order valence-corrected chi connectivity index (χ3v) is 3.53. The Balaban J connectivity index is 2.22. The van der Waals surface area contributed by atoms with Crippen LogP contribution in [0.25, 0.3) is 0 Å². The summed E-state index contributed by atoms with van der Waals surface area (Å²) in [4.78, 5) is 15.9. The molecule has 0 atom stereocenters. The summed E-state index contributed by atoms with van der Waals surface area (Å²) in [5, 5.41) is -0.444. The zero-order chi connectivity index (χ0) is 15.6. The largest absolute Gasteiger partial charge is 0.433 e. The highest BCUT2D eigenvalue weighted by molar-refractivity contribution is 8.14. The van der Waals surface area contributed by atoms with Gasteiger partial charge in [-0.2, -0.15) is 13.2 Å². The van der Waals surface area contributed by atoms with Gasteiger partial charge in [0.1, 0.15) is 11.5 Å². The van der Waals surface area contributed by atoms with E-state index in [0.29, 0.717) is 4.90 Å². The van der Waals surface area contributed by atoms with E-state index in [1.807, 2.05) is 0 Å². The number of hydrogen-bond donors (Lipinski definition) is 0. The Morgan fingerprint density at radius 2 is 1.71 bits per heavy atom. The van der Waals surface area contributed by atoms with Gasteiger partial charge in [0.05, 0.1) is 5.56 Å². The Hall–Kier alpha value is -1.89. The number of carbonyl (C=O) groups excluding carboxylic acids is 1. The van der Waals surface area contributed by atoms with E-state index in [2.05, 4.69) is 4.98 Å². The molecule has 21 heavy (non-hydrogen) atoms. The molecule has 0 radical (unpaired) electrons. The zero-order valence-corrected chi connectivity index (χ0v) is 11.6. The predicted octanol–water partition coefficient (Wildman–Crippen LogP) is 4.48. The molecule has 0 amide bonds. The summed E-state index contributed by atoms with van der Waals surface area (Å²) >= 11 is 0.806. The number of alkyl halides is 3. The van der Waals surface area contributed by atoms with E-state index in [1.165, 1.54) is 31.2 Å². The molecule has 1 aromatic heterocycles. The standard InChI is InChI=1S/C14H9F4NOS/c1-8-11(6-7-12(19-8)14(16,17)18)13(20)21-10-4-2-9(15)3-5-10/h2-7H,1H3. The zero-order valence-electron chi connectivity index (χ0n) is 10.7. The Morgan fingerprint density at radius 3 is 2.24 bits per heavy atom. The molecular formula is C14H9F4NOS. The van der Waals surface area contributed by atoms with Gasteiger partial charge in [0.25, 0.3) is 0 Å². The number of carbonyl (C=O) groups is 1. The monoisotopic (exact) mass is 315 g/mol. The van der Waals surface area contributed by atoms with E-state index in [1.54, 1.807) is 0 Å². The van der Waals surface area contributed by atoms with Crippen molar-refractivity contribution < 1.29 is 22.4 Å². The van der Waals surface area contributed by atoms with Crippen molar-refractivity contribution >= 4 is 16.9 Å². The van der Waals surface area contributed by atoms with Crippen LogP contribution in [0.2, 0.25) is 0 Å². The van der Waals surface area contributed by atoms with Crippen LogP contribution in [-0.4, -0.2) is 10.1 Å². The van der Waals surface area contributed by atoms with Crippen LogP contribution in [0.1, 0.15) is 21.7 Å². The van der Waals surface area contributed by atoms with Crippen molar-refractivity contribution in [1.29, 1.82) is 0 Å². The van der Waals surface area contributed by atoms with Gasteiger partial charge in [0.15, 0.2) is 0 Å². The third kappa shape index (κ3) is 3.81. The van der Waals surface area contributed by atoms with Gasteiger partial charge in [-0.1, -0.05) is 0 Å². The SMILES string of the molecule is Cc1nc(C(F)(F)F)ccc1C(=O)Sc1ccc(F)cc1. The minimum atomic E-state index is -4.55. The molecule has 0 aliphatic rings. The molecule has 2 rings (SSSR count). The summed E-state index contributed by atoms with van der Waals surface area (Å²) in [6, 6.07) is 7.12. The second-order valence-corrected chi connectivity index (χ2v) is 5.22. The van der Waals surface area contributed by atoms with Gasteiger partial charge in [-0.05, 0) is 55.1 Å². The van der Waals surface area contributed by atoms with Crippen LogP contribution in [0.3, 0.4) is 0 Å². The first-order valence-corrected chi connectivity index (χ1v) is 6.61. The summed E-state index contributed by atoms with van der Waals surface area (Å²) in [6.45, 7) is 1.34. The number of thioether (sulfide) groups is 1. The van der Waals surface area contributed by atoms with Crippen LogP contribution >= 0.6 is 11.8 Å². The molecule has 0 aliphatic heterocycles. The second-order valence-electron chi connectivity index (χ2n) is 4.17. The molecule has 0 unspecified atom stereocenters. The quantitative estimate of drug-likeness (QED) is 0.604. The van der Waals surface area contributed by atoms with Crippen LogP contribution in [-0.2, 0) is 6.18 Å². The van der Waals surface area contributed by atoms with E-state index < -0.39 is 22.8 Å². The van der Waals surface area contributed by atoms with E-state index in [-0.39, 0.29) is 11.3 Å².